The topological polar surface area (TPSA) is 55.1 Å². The molecule has 0 heterocycles. The van der Waals surface area contributed by atoms with Gasteiger partial charge in [-0.05, 0) is 42.2 Å². The summed E-state index contributed by atoms with van der Waals surface area (Å²) >= 11 is 0. The van der Waals surface area contributed by atoms with Crippen LogP contribution < -0.4 is 11.1 Å². The van der Waals surface area contributed by atoms with Gasteiger partial charge in [0.25, 0.3) is 0 Å². The molecule has 0 aliphatic heterocycles. The van der Waals surface area contributed by atoms with Crippen LogP contribution >= 0.6 is 0 Å². The Labute approximate surface area is 126 Å². The molecular formula is C18H22N2O. The van der Waals surface area contributed by atoms with Crippen molar-refractivity contribution in [3.05, 3.63) is 59.7 Å². The van der Waals surface area contributed by atoms with Gasteiger partial charge in [-0.3, -0.25) is 4.79 Å². The number of nitrogens with two attached hydrogens (primary N) is 1. The highest BCUT2D eigenvalue weighted by Crippen LogP contribution is 2.17. The first kappa shape index (κ1) is 15.1. The van der Waals surface area contributed by atoms with Crippen LogP contribution in [0.5, 0.6) is 0 Å². The van der Waals surface area contributed by atoms with E-state index in [0.29, 0.717) is 12.8 Å². The van der Waals surface area contributed by atoms with Crippen molar-refractivity contribution in [2.45, 2.75) is 32.6 Å². The minimum absolute atomic E-state index is 0.0426. The fraction of sp³-hybridized carbons (Fsp3) is 0.278. The number of para-hydroxylation sites is 1. The molecule has 0 saturated carbocycles. The summed E-state index contributed by atoms with van der Waals surface area (Å²) in [5.74, 6) is 0.0426. The second kappa shape index (κ2) is 7.48. The number of nitrogen functional groups attached to an aromatic ring is 1. The highest BCUT2D eigenvalue weighted by molar-refractivity contribution is 5.91. The molecule has 110 valence electrons. The van der Waals surface area contributed by atoms with Gasteiger partial charge in [0.15, 0.2) is 0 Å². The van der Waals surface area contributed by atoms with E-state index in [1.54, 1.807) is 0 Å². The molecule has 0 fully saturated rings. The highest BCUT2D eigenvalue weighted by atomic mass is 16.1. The van der Waals surface area contributed by atoms with Crippen LogP contribution in [0.25, 0.3) is 0 Å². The summed E-state index contributed by atoms with van der Waals surface area (Å²) in [6.45, 7) is 2.14. The number of carbonyl (C=O) groups is 1. The summed E-state index contributed by atoms with van der Waals surface area (Å²) in [5.41, 5.74) is 9.69. The summed E-state index contributed by atoms with van der Waals surface area (Å²) < 4.78 is 0. The number of rotatable bonds is 6. The van der Waals surface area contributed by atoms with E-state index in [2.05, 4.69) is 18.3 Å². The first-order chi connectivity index (χ1) is 10.2. The van der Waals surface area contributed by atoms with Gasteiger partial charge < -0.3 is 11.1 Å². The predicted octanol–water partition coefficient (Wildman–Crippen LogP) is 3.79. The lowest BCUT2D eigenvalue weighted by Crippen LogP contribution is -2.13. The average Bonchev–Trinajstić information content (AvgIpc) is 2.48. The minimum atomic E-state index is 0.0426. The van der Waals surface area contributed by atoms with Crippen LogP contribution in [-0.2, 0) is 17.6 Å². The van der Waals surface area contributed by atoms with Crippen LogP contribution in [-0.4, -0.2) is 5.91 Å². The average molecular weight is 282 g/mol. The second-order valence-corrected chi connectivity index (χ2v) is 5.20. The van der Waals surface area contributed by atoms with Crippen molar-refractivity contribution < 1.29 is 4.79 Å². The zero-order valence-electron chi connectivity index (χ0n) is 12.4. The van der Waals surface area contributed by atoms with Crippen molar-refractivity contribution in [1.82, 2.24) is 0 Å². The molecule has 0 saturated heterocycles. The normalized spacial score (nSPS) is 10.3. The van der Waals surface area contributed by atoms with Crippen LogP contribution in [0, 0.1) is 0 Å². The van der Waals surface area contributed by atoms with Gasteiger partial charge in [-0.15, -0.1) is 0 Å². The van der Waals surface area contributed by atoms with Gasteiger partial charge >= 0.3 is 0 Å². The van der Waals surface area contributed by atoms with Crippen molar-refractivity contribution >= 4 is 17.3 Å². The maximum Gasteiger partial charge on any atom is 0.224 e. The second-order valence-electron chi connectivity index (χ2n) is 5.20. The van der Waals surface area contributed by atoms with Gasteiger partial charge in [0.1, 0.15) is 0 Å². The Kier molecular flexibility index (Phi) is 5.38. The third-order valence-electron chi connectivity index (χ3n) is 3.40. The lowest BCUT2D eigenvalue weighted by Gasteiger charge is -2.10. The van der Waals surface area contributed by atoms with E-state index in [-0.39, 0.29) is 5.91 Å². The van der Waals surface area contributed by atoms with Gasteiger partial charge in [0, 0.05) is 17.8 Å². The van der Waals surface area contributed by atoms with E-state index in [9.17, 15) is 4.79 Å². The third kappa shape index (κ3) is 4.63. The maximum atomic E-state index is 12.1. The van der Waals surface area contributed by atoms with Crippen molar-refractivity contribution in [3.63, 3.8) is 0 Å². The molecular weight excluding hydrogens is 260 g/mol. The molecule has 0 atom stereocenters. The Balaban J connectivity index is 1.93. The molecule has 1 amide bonds. The molecule has 0 aliphatic rings. The van der Waals surface area contributed by atoms with E-state index in [4.69, 9.17) is 5.73 Å². The molecule has 3 N–H and O–H groups in total. The number of benzene rings is 2. The van der Waals surface area contributed by atoms with Gasteiger partial charge in [-0.25, -0.2) is 0 Å². The van der Waals surface area contributed by atoms with Crippen molar-refractivity contribution in [1.29, 1.82) is 0 Å². The molecule has 0 spiro atoms. The zero-order chi connectivity index (χ0) is 15.1. The van der Waals surface area contributed by atoms with E-state index in [1.165, 1.54) is 5.56 Å². The highest BCUT2D eigenvalue weighted by Gasteiger charge is 2.06. The lowest BCUT2D eigenvalue weighted by molar-refractivity contribution is -0.116. The molecule has 0 bridgehead atoms. The monoisotopic (exact) mass is 282 g/mol. The Morgan fingerprint density at radius 1 is 1.10 bits per heavy atom. The van der Waals surface area contributed by atoms with Crippen LogP contribution in [0.2, 0.25) is 0 Å². The van der Waals surface area contributed by atoms with E-state index < -0.39 is 0 Å². The molecule has 2 aromatic rings. The number of aryl methyl sites for hydroxylation is 2. The Morgan fingerprint density at radius 3 is 2.67 bits per heavy atom. The Morgan fingerprint density at radius 2 is 1.90 bits per heavy atom. The van der Waals surface area contributed by atoms with Crippen molar-refractivity contribution in [2.24, 2.45) is 0 Å². The molecule has 0 unspecified atom stereocenters. The van der Waals surface area contributed by atoms with Crippen LogP contribution in [0.4, 0.5) is 11.4 Å². The number of anilines is 2. The Bertz CT molecular complexity index is 608. The van der Waals surface area contributed by atoms with E-state index >= 15 is 0 Å². The molecule has 0 aromatic heterocycles. The summed E-state index contributed by atoms with van der Waals surface area (Å²) in [7, 11) is 0. The number of nitrogens with one attached hydrogen (secondary N) is 1. The SMILES string of the molecule is CCCc1ccccc1NC(=O)CCc1cccc(N)c1. The smallest absolute Gasteiger partial charge is 0.224 e. The maximum absolute atomic E-state index is 12.1. The molecule has 2 aromatic carbocycles. The first-order valence-corrected chi connectivity index (χ1v) is 7.41. The van der Waals surface area contributed by atoms with Gasteiger partial charge in [-0.2, -0.15) is 0 Å². The molecule has 2 rings (SSSR count). The van der Waals surface area contributed by atoms with Gasteiger partial charge in [0.05, 0.1) is 0 Å². The quantitative estimate of drug-likeness (QED) is 0.792. The number of carbonyl (C=O) groups excluding carboxylic acids is 1. The molecule has 0 aliphatic carbocycles. The van der Waals surface area contributed by atoms with Gasteiger partial charge in [0.2, 0.25) is 5.91 Å². The van der Waals surface area contributed by atoms with Gasteiger partial charge in [-0.1, -0.05) is 43.7 Å². The number of amides is 1. The standard InChI is InChI=1S/C18H22N2O/c1-2-6-15-8-3-4-10-17(15)20-18(21)12-11-14-7-5-9-16(19)13-14/h3-5,7-10,13H,2,6,11-12,19H2,1H3,(H,20,21). The van der Waals surface area contributed by atoms with Crippen LogP contribution in [0.3, 0.4) is 0 Å². The summed E-state index contributed by atoms with van der Waals surface area (Å²) in [6, 6.07) is 15.7. The summed E-state index contributed by atoms with van der Waals surface area (Å²) in [4.78, 5) is 12.1. The first-order valence-electron chi connectivity index (χ1n) is 7.41. The minimum Gasteiger partial charge on any atom is -0.399 e. The van der Waals surface area contributed by atoms with Crippen molar-refractivity contribution in [2.75, 3.05) is 11.1 Å². The third-order valence-corrected chi connectivity index (χ3v) is 3.40. The van der Waals surface area contributed by atoms with Crippen LogP contribution in [0.15, 0.2) is 48.5 Å². The summed E-state index contributed by atoms with van der Waals surface area (Å²) in [5, 5.41) is 3.01. The van der Waals surface area contributed by atoms with Crippen molar-refractivity contribution in [3.8, 4) is 0 Å². The fourth-order valence-corrected chi connectivity index (χ4v) is 2.35. The molecule has 3 heteroatoms. The zero-order valence-corrected chi connectivity index (χ0v) is 12.4. The largest absolute Gasteiger partial charge is 0.399 e. The van der Waals surface area contributed by atoms with E-state index in [0.717, 1.165) is 29.8 Å². The number of hydrogen-bond acceptors (Lipinski definition) is 2. The fourth-order valence-electron chi connectivity index (χ4n) is 2.35. The Hall–Kier alpha value is -2.29. The lowest BCUT2D eigenvalue weighted by atomic mass is 10.1. The van der Waals surface area contributed by atoms with Crippen LogP contribution in [0.1, 0.15) is 30.9 Å². The predicted molar refractivity (Wildman–Crippen MR) is 88.2 cm³/mol. The number of hydrogen-bond donors (Lipinski definition) is 2. The molecule has 21 heavy (non-hydrogen) atoms. The van der Waals surface area contributed by atoms with E-state index in [1.807, 2.05) is 42.5 Å². The summed E-state index contributed by atoms with van der Waals surface area (Å²) in [6.07, 6.45) is 3.21. The molecule has 0 radical (unpaired) electrons. The molecule has 3 nitrogen and oxygen atoms in total.